The summed E-state index contributed by atoms with van der Waals surface area (Å²) in [6.45, 7) is 3.93. The van der Waals surface area contributed by atoms with Gasteiger partial charge in [0.1, 0.15) is 0 Å². The van der Waals surface area contributed by atoms with E-state index in [9.17, 15) is 8.42 Å². The van der Waals surface area contributed by atoms with Gasteiger partial charge in [-0.05, 0) is 49.7 Å². The number of sulfone groups is 1. The Kier molecular flexibility index (Phi) is 5.01. The lowest BCUT2D eigenvalue weighted by Gasteiger charge is -2.11. The molecule has 0 saturated heterocycles. The lowest BCUT2D eigenvalue weighted by atomic mass is 10.3. The van der Waals surface area contributed by atoms with E-state index in [1.807, 2.05) is 13.8 Å². The molecule has 0 radical (unpaired) electrons. The molecular formula is C17H17BrN2O4S. The van der Waals surface area contributed by atoms with Crippen LogP contribution in [0.5, 0.6) is 0 Å². The summed E-state index contributed by atoms with van der Waals surface area (Å²) >= 11 is 3.30. The number of hydrogen-bond donors (Lipinski definition) is 1. The Bertz CT molecular complexity index is 947. The van der Waals surface area contributed by atoms with E-state index in [2.05, 4.69) is 26.2 Å². The van der Waals surface area contributed by atoms with Gasteiger partial charge in [0.05, 0.1) is 11.2 Å². The molecule has 25 heavy (non-hydrogen) atoms. The molecule has 0 amide bonds. The van der Waals surface area contributed by atoms with Gasteiger partial charge in [0, 0.05) is 10.5 Å². The largest absolute Gasteiger partial charge is 0.459 e. The third kappa shape index (κ3) is 3.64. The zero-order valence-electron chi connectivity index (χ0n) is 13.7. The standard InChI is InChI=1S/C17H17BrN2O4S/c1-3-11(2)19-16-17(20-15(24-16)14-5-4-10-23-14)25(21,22)13-8-6-12(18)7-9-13/h4-11,19H,3H2,1-2H3. The highest BCUT2D eigenvalue weighted by Crippen LogP contribution is 2.33. The molecule has 2 aromatic heterocycles. The van der Waals surface area contributed by atoms with Crippen molar-refractivity contribution < 1.29 is 17.3 Å². The monoisotopic (exact) mass is 424 g/mol. The van der Waals surface area contributed by atoms with E-state index in [1.165, 1.54) is 18.4 Å². The predicted octanol–water partition coefficient (Wildman–Crippen LogP) is 4.74. The second-order valence-electron chi connectivity index (χ2n) is 5.54. The molecule has 0 bridgehead atoms. The first-order valence-corrected chi connectivity index (χ1v) is 10.0. The highest BCUT2D eigenvalue weighted by molar-refractivity contribution is 9.10. The van der Waals surface area contributed by atoms with E-state index in [-0.39, 0.29) is 27.7 Å². The van der Waals surface area contributed by atoms with Crippen molar-refractivity contribution in [3.8, 4) is 11.7 Å². The molecule has 0 aliphatic heterocycles. The SMILES string of the molecule is CCC(C)Nc1oc(-c2ccco2)nc1S(=O)(=O)c1ccc(Br)cc1. The zero-order chi connectivity index (χ0) is 18.0. The maximum atomic E-state index is 13.0. The molecule has 0 aliphatic rings. The van der Waals surface area contributed by atoms with Crippen molar-refractivity contribution in [2.45, 2.75) is 36.2 Å². The molecule has 1 atom stereocenters. The smallest absolute Gasteiger partial charge is 0.266 e. The molecule has 2 heterocycles. The fraction of sp³-hybridized carbons (Fsp3) is 0.235. The Morgan fingerprint density at radius 1 is 1.24 bits per heavy atom. The summed E-state index contributed by atoms with van der Waals surface area (Å²) in [5.74, 6) is 0.597. The maximum absolute atomic E-state index is 13.0. The van der Waals surface area contributed by atoms with Gasteiger partial charge in [0.25, 0.3) is 5.89 Å². The van der Waals surface area contributed by atoms with Gasteiger partial charge in [-0.3, -0.25) is 0 Å². The molecule has 132 valence electrons. The Labute approximate surface area is 154 Å². The molecule has 1 N–H and O–H groups in total. The van der Waals surface area contributed by atoms with Crippen LogP contribution in [0, 0.1) is 0 Å². The van der Waals surface area contributed by atoms with Gasteiger partial charge in [-0.15, -0.1) is 0 Å². The fourth-order valence-electron chi connectivity index (χ4n) is 2.14. The third-order valence-corrected chi connectivity index (χ3v) is 5.90. The molecule has 8 heteroatoms. The number of halogens is 1. The summed E-state index contributed by atoms with van der Waals surface area (Å²) in [4.78, 5) is 4.33. The van der Waals surface area contributed by atoms with Crippen molar-refractivity contribution in [2.75, 3.05) is 5.32 Å². The van der Waals surface area contributed by atoms with Crippen molar-refractivity contribution in [3.63, 3.8) is 0 Å². The Balaban J connectivity index is 2.10. The first-order valence-electron chi connectivity index (χ1n) is 7.73. The van der Waals surface area contributed by atoms with E-state index in [0.29, 0.717) is 5.76 Å². The summed E-state index contributed by atoms with van der Waals surface area (Å²) < 4.78 is 37.7. The van der Waals surface area contributed by atoms with Crippen LogP contribution in [0.15, 0.2) is 65.9 Å². The normalized spacial score (nSPS) is 12.9. The van der Waals surface area contributed by atoms with Crippen LogP contribution < -0.4 is 5.32 Å². The highest BCUT2D eigenvalue weighted by atomic mass is 79.9. The van der Waals surface area contributed by atoms with Crippen LogP contribution in [0.3, 0.4) is 0 Å². The number of oxazole rings is 1. The average Bonchev–Trinajstić information content (AvgIpc) is 3.24. The number of benzene rings is 1. The topological polar surface area (TPSA) is 85.3 Å². The minimum atomic E-state index is -3.84. The summed E-state index contributed by atoms with van der Waals surface area (Å²) in [6, 6.07) is 9.75. The number of rotatable bonds is 6. The highest BCUT2D eigenvalue weighted by Gasteiger charge is 2.29. The van der Waals surface area contributed by atoms with Gasteiger partial charge >= 0.3 is 0 Å². The van der Waals surface area contributed by atoms with Crippen molar-refractivity contribution >= 4 is 31.7 Å². The summed E-state index contributed by atoms with van der Waals surface area (Å²) in [5, 5.41) is 2.92. The van der Waals surface area contributed by atoms with E-state index in [1.54, 1.807) is 24.3 Å². The molecule has 0 spiro atoms. The Morgan fingerprint density at radius 3 is 2.56 bits per heavy atom. The predicted molar refractivity (Wildman–Crippen MR) is 97.2 cm³/mol. The molecule has 0 saturated carbocycles. The quantitative estimate of drug-likeness (QED) is 0.614. The minimum Gasteiger partial charge on any atom is -0.459 e. The molecule has 1 aromatic carbocycles. The average molecular weight is 425 g/mol. The van der Waals surface area contributed by atoms with Crippen molar-refractivity contribution in [1.82, 2.24) is 4.98 Å². The number of furan rings is 1. The first-order chi connectivity index (χ1) is 11.9. The summed E-state index contributed by atoms with van der Waals surface area (Å²) in [7, 11) is -3.84. The van der Waals surface area contributed by atoms with Gasteiger partial charge in [-0.2, -0.15) is 4.98 Å². The number of hydrogen-bond acceptors (Lipinski definition) is 6. The first kappa shape index (κ1) is 17.8. The van der Waals surface area contributed by atoms with Crippen molar-refractivity contribution in [1.29, 1.82) is 0 Å². The van der Waals surface area contributed by atoms with Crippen LogP contribution in [0.2, 0.25) is 0 Å². The molecule has 0 fully saturated rings. The van der Waals surface area contributed by atoms with E-state index >= 15 is 0 Å². The summed E-state index contributed by atoms with van der Waals surface area (Å²) in [5.41, 5.74) is 0. The van der Waals surface area contributed by atoms with Crippen LogP contribution in [0.4, 0.5) is 5.88 Å². The fourth-order valence-corrected chi connectivity index (χ4v) is 3.67. The maximum Gasteiger partial charge on any atom is 0.266 e. The van der Waals surface area contributed by atoms with Crippen LogP contribution >= 0.6 is 15.9 Å². The molecule has 3 aromatic rings. The summed E-state index contributed by atoms with van der Waals surface area (Å²) in [6.07, 6.45) is 2.28. The molecular weight excluding hydrogens is 408 g/mol. The van der Waals surface area contributed by atoms with Gasteiger partial charge in [-0.25, -0.2) is 8.42 Å². The molecule has 0 aliphatic carbocycles. The van der Waals surface area contributed by atoms with Crippen molar-refractivity contribution in [3.05, 3.63) is 47.1 Å². The molecule has 6 nitrogen and oxygen atoms in total. The van der Waals surface area contributed by atoms with Crippen LogP contribution in [0.25, 0.3) is 11.7 Å². The van der Waals surface area contributed by atoms with Gasteiger partial charge in [0.2, 0.25) is 20.7 Å². The second kappa shape index (κ2) is 7.05. The number of anilines is 1. The molecule has 3 rings (SSSR count). The Hall–Kier alpha value is -2.06. The van der Waals surface area contributed by atoms with Crippen molar-refractivity contribution in [2.24, 2.45) is 0 Å². The van der Waals surface area contributed by atoms with Crippen LogP contribution in [-0.2, 0) is 9.84 Å². The van der Waals surface area contributed by atoms with Gasteiger partial charge in [0.15, 0.2) is 5.76 Å². The van der Waals surface area contributed by atoms with Gasteiger partial charge < -0.3 is 14.2 Å². The van der Waals surface area contributed by atoms with Gasteiger partial charge in [-0.1, -0.05) is 22.9 Å². The minimum absolute atomic E-state index is 0.0243. The number of nitrogens with one attached hydrogen (secondary N) is 1. The van der Waals surface area contributed by atoms with Crippen LogP contribution in [0.1, 0.15) is 20.3 Å². The number of nitrogens with zero attached hydrogens (tertiary/aromatic N) is 1. The zero-order valence-corrected chi connectivity index (χ0v) is 16.1. The lowest BCUT2D eigenvalue weighted by Crippen LogP contribution is -2.15. The van der Waals surface area contributed by atoms with E-state index in [0.717, 1.165) is 10.9 Å². The second-order valence-corrected chi connectivity index (χ2v) is 8.32. The number of aromatic nitrogens is 1. The third-order valence-electron chi connectivity index (χ3n) is 3.70. The lowest BCUT2D eigenvalue weighted by molar-refractivity contribution is 0.518. The van der Waals surface area contributed by atoms with E-state index < -0.39 is 9.84 Å². The molecule has 1 unspecified atom stereocenters. The van der Waals surface area contributed by atoms with E-state index in [4.69, 9.17) is 8.83 Å². The Morgan fingerprint density at radius 2 is 1.96 bits per heavy atom. The van der Waals surface area contributed by atoms with Crippen LogP contribution in [-0.4, -0.2) is 19.4 Å².